The van der Waals surface area contributed by atoms with Gasteiger partial charge in [0.05, 0.1) is 12.7 Å². The minimum Gasteiger partial charge on any atom is -0.493 e. The second-order valence-corrected chi connectivity index (χ2v) is 6.80. The average Bonchev–Trinajstić information content (AvgIpc) is 2.67. The number of hydrogen-bond donors (Lipinski definition) is 2. The van der Waals surface area contributed by atoms with Gasteiger partial charge in [-0.3, -0.25) is 4.79 Å². The third-order valence-electron chi connectivity index (χ3n) is 4.53. The van der Waals surface area contributed by atoms with Crippen molar-refractivity contribution in [3.63, 3.8) is 0 Å². The SMILES string of the molecule is CCCCCOc1cc2ccccc2cc1C(O)C/C=C\CCCC(=O)O. The number of rotatable bonds is 12. The fourth-order valence-electron chi connectivity index (χ4n) is 3.00. The molecule has 0 heterocycles. The molecule has 0 amide bonds. The maximum atomic E-state index is 10.7. The van der Waals surface area contributed by atoms with Crippen LogP contribution in [-0.4, -0.2) is 22.8 Å². The number of unbranched alkanes of at least 4 members (excludes halogenated alkanes) is 3. The van der Waals surface area contributed by atoms with E-state index in [0.717, 1.165) is 41.3 Å². The van der Waals surface area contributed by atoms with E-state index >= 15 is 0 Å². The molecule has 0 saturated carbocycles. The summed E-state index contributed by atoms with van der Waals surface area (Å²) in [5.41, 5.74) is 0.806. The molecule has 4 nitrogen and oxygen atoms in total. The van der Waals surface area contributed by atoms with Crippen LogP contribution in [0.25, 0.3) is 10.8 Å². The molecule has 2 aromatic carbocycles. The van der Waals surface area contributed by atoms with Crippen molar-refractivity contribution in [1.29, 1.82) is 0 Å². The van der Waals surface area contributed by atoms with Crippen LogP contribution in [0.15, 0.2) is 48.6 Å². The number of ether oxygens (including phenoxy) is 1. The Morgan fingerprint density at radius 2 is 1.85 bits per heavy atom. The van der Waals surface area contributed by atoms with E-state index in [1.807, 2.05) is 48.6 Å². The molecular formula is C23H30O4. The van der Waals surface area contributed by atoms with Crippen LogP contribution in [0.4, 0.5) is 0 Å². The quantitative estimate of drug-likeness (QED) is 0.374. The van der Waals surface area contributed by atoms with Crippen molar-refractivity contribution in [3.05, 3.63) is 54.1 Å². The molecule has 0 aromatic heterocycles. The molecule has 0 radical (unpaired) electrons. The molecular weight excluding hydrogens is 340 g/mol. The summed E-state index contributed by atoms with van der Waals surface area (Å²) >= 11 is 0. The van der Waals surface area contributed by atoms with Gasteiger partial charge in [0, 0.05) is 12.0 Å². The van der Waals surface area contributed by atoms with Crippen LogP contribution in [0, 0.1) is 0 Å². The Balaban J connectivity index is 2.06. The highest BCUT2D eigenvalue weighted by atomic mass is 16.5. The van der Waals surface area contributed by atoms with Crippen molar-refractivity contribution in [2.24, 2.45) is 0 Å². The van der Waals surface area contributed by atoms with Crippen molar-refractivity contribution in [3.8, 4) is 5.75 Å². The normalized spacial score (nSPS) is 12.5. The van der Waals surface area contributed by atoms with Crippen molar-refractivity contribution in [1.82, 2.24) is 0 Å². The number of carbonyl (C=O) groups is 1. The van der Waals surface area contributed by atoms with Crippen molar-refractivity contribution >= 4 is 16.7 Å². The van der Waals surface area contributed by atoms with E-state index in [1.165, 1.54) is 0 Å². The van der Waals surface area contributed by atoms with Crippen LogP contribution in [0.5, 0.6) is 5.75 Å². The van der Waals surface area contributed by atoms with E-state index in [9.17, 15) is 9.90 Å². The van der Waals surface area contributed by atoms with Gasteiger partial charge < -0.3 is 14.9 Å². The lowest BCUT2D eigenvalue weighted by atomic mass is 10.00. The van der Waals surface area contributed by atoms with E-state index in [1.54, 1.807) is 0 Å². The van der Waals surface area contributed by atoms with Gasteiger partial charge in [-0.15, -0.1) is 0 Å². The fraction of sp³-hybridized carbons (Fsp3) is 0.435. The van der Waals surface area contributed by atoms with Crippen LogP contribution in [-0.2, 0) is 4.79 Å². The van der Waals surface area contributed by atoms with Crippen LogP contribution < -0.4 is 4.74 Å². The summed E-state index contributed by atoms with van der Waals surface area (Å²) in [6, 6.07) is 12.1. The van der Waals surface area contributed by atoms with Gasteiger partial charge in [-0.1, -0.05) is 56.2 Å². The lowest BCUT2D eigenvalue weighted by Crippen LogP contribution is -2.04. The van der Waals surface area contributed by atoms with Gasteiger partial charge in [0.25, 0.3) is 0 Å². The summed E-state index contributed by atoms with van der Waals surface area (Å²) < 4.78 is 5.99. The second kappa shape index (κ2) is 11.4. The van der Waals surface area contributed by atoms with E-state index in [2.05, 4.69) is 6.92 Å². The van der Waals surface area contributed by atoms with Crippen LogP contribution in [0.3, 0.4) is 0 Å². The number of fused-ring (bicyclic) bond motifs is 1. The highest BCUT2D eigenvalue weighted by Gasteiger charge is 2.14. The third kappa shape index (κ3) is 7.06. The molecule has 0 bridgehead atoms. The largest absolute Gasteiger partial charge is 0.493 e. The lowest BCUT2D eigenvalue weighted by molar-refractivity contribution is -0.137. The minimum atomic E-state index is -0.774. The summed E-state index contributed by atoms with van der Waals surface area (Å²) in [6.07, 6.45) is 8.46. The zero-order chi connectivity index (χ0) is 19.5. The first kappa shape index (κ1) is 21.0. The molecule has 2 rings (SSSR count). The Morgan fingerprint density at radius 3 is 2.56 bits per heavy atom. The van der Waals surface area contributed by atoms with E-state index in [0.29, 0.717) is 25.9 Å². The van der Waals surface area contributed by atoms with Gasteiger partial charge in [0.15, 0.2) is 0 Å². The second-order valence-electron chi connectivity index (χ2n) is 6.80. The van der Waals surface area contributed by atoms with Gasteiger partial charge in [-0.25, -0.2) is 0 Å². The molecule has 0 saturated heterocycles. The zero-order valence-electron chi connectivity index (χ0n) is 16.1. The fourth-order valence-corrected chi connectivity index (χ4v) is 3.00. The average molecular weight is 370 g/mol. The minimum absolute atomic E-state index is 0.174. The lowest BCUT2D eigenvalue weighted by Gasteiger charge is -2.17. The Labute approximate surface area is 161 Å². The van der Waals surface area contributed by atoms with E-state index < -0.39 is 12.1 Å². The maximum Gasteiger partial charge on any atom is 0.303 e. The van der Waals surface area contributed by atoms with E-state index in [4.69, 9.17) is 9.84 Å². The molecule has 0 spiro atoms. The highest BCUT2D eigenvalue weighted by molar-refractivity contribution is 5.85. The first-order valence-electron chi connectivity index (χ1n) is 9.82. The van der Waals surface area contributed by atoms with Gasteiger partial charge >= 0.3 is 5.97 Å². The number of aliphatic hydroxyl groups is 1. The number of carboxylic acids is 1. The topological polar surface area (TPSA) is 66.8 Å². The maximum absolute atomic E-state index is 10.7. The van der Waals surface area contributed by atoms with Gasteiger partial charge in [0.1, 0.15) is 5.75 Å². The summed E-state index contributed by atoms with van der Waals surface area (Å²) in [5.74, 6) is -0.0268. The number of benzene rings is 2. The van der Waals surface area contributed by atoms with Crippen molar-refractivity contribution in [2.45, 2.75) is 58.0 Å². The van der Waals surface area contributed by atoms with Crippen LogP contribution in [0.1, 0.15) is 63.5 Å². The number of aliphatic hydroxyl groups excluding tert-OH is 1. The van der Waals surface area contributed by atoms with Crippen molar-refractivity contribution < 1.29 is 19.7 Å². The molecule has 0 fully saturated rings. The van der Waals surface area contributed by atoms with Crippen molar-refractivity contribution in [2.75, 3.05) is 6.61 Å². The smallest absolute Gasteiger partial charge is 0.303 e. The molecule has 146 valence electrons. The zero-order valence-corrected chi connectivity index (χ0v) is 16.1. The summed E-state index contributed by atoms with van der Waals surface area (Å²) in [7, 11) is 0. The number of aliphatic carboxylic acids is 1. The van der Waals surface area contributed by atoms with Gasteiger partial charge in [0.2, 0.25) is 0 Å². The molecule has 27 heavy (non-hydrogen) atoms. The Morgan fingerprint density at radius 1 is 1.11 bits per heavy atom. The van der Waals surface area contributed by atoms with Gasteiger partial charge in [-0.2, -0.15) is 0 Å². The summed E-state index contributed by atoms with van der Waals surface area (Å²) in [4.78, 5) is 10.5. The first-order valence-corrected chi connectivity index (χ1v) is 9.82. The molecule has 1 unspecified atom stereocenters. The molecule has 2 N–H and O–H groups in total. The molecule has 1 atom stereocenters. The molecule has 2 aromatic rings. The molecule has 4 heteroatoms. The molecule has 0 aliphatic carbocycles. The third-order valence-corrected chi connectivity index (χ3v) is 4.53. The number of allylic oxidation sites excluding steroid dienone is 1. The Kier molecular flexibility index (Phi) is 8.85. The summed E-state index contributed by atoms with van der Waals surface area (Å²) in [6.45, 7) is 2.81. The van der Waals surface area contributed by atoms with Crippen LogP contribution in [0.2, 0.25) is 0 Å². The highest BCUT2D eigenvalue weighted by Crippen LogP contribution is 2.32. The van der Waals surface area contributed by atoms with Crippen LogP contribution >= 0.6 is 0 Å². The van der Waals surface area contributed by atoms with Gasteiger partial charge in [-0.05, 0) is 48.6 Å². The number of carboxylic acid groups (broad SMARTS) is 1. The monoisotopic (exact) mass is 370 g/mol. The molecule has 0 aliphatic rings. The Hall–Kier alpha value is -2.33. The predicted octanol–water partition coefficient (Wildman–Crippen LogP) is 5.64. The Bertz CT molecular complexity index is 751. The molecule has 0 aliphatic heterocycles. The first-order chi connectivity index (χ1) is 13.1. The standard InChI is InChI=1S/C23H30O4/c1-2-3-10-15-27-22-17-19-12-9-8-11-18(19)16-20(22)21(24)13-6-4-5-7-14-23(25)26/h4,6,8-9,11-12,16-17,21,24H,2-3,5,7,10,13-15H2,1H3,(H,25,26)/b6-4-. The predicted molar refractivity (Wildman–Crippen MR) is 109 cm³/mol. The summed E-state index contributed by atoms with van der Waals surface area (Å²) in [5, 5.41) is 21.5. The van der Waals surface area contributed by atoms with E-state index in [-0.39, 0.29) is 6.42 Å². The number of hydrogen-bond acceptors (Lipinski definition) is 3.